The molecule has 0 radical (unpaired) electrons. The highest BCUT2D eigenvalue weighted by Crippen LogP contribution is 2.32. The number of aromatic hydroxyl groups is 1. The van der Waals surface area contributed by atoms with E-state index in [2.05, 4.69) is 9.88 Å². The van der Waals surface area contributed by atoms with Crippen LogP contribution < -0.4 is 4.90 Å². The van der Waals surface area contributed by atoms with Crippen molar-refractivity contribution in [2.24, 2.45) is 0 Å². The summed E-state index contributed by atoms with van der Waals surface area (Å²) in [6, 6.07) is 7.19. The summed E-state index contributed by atoms with van der Waals surface area (Å²) in [6.07, 6.45) is 0.412. The van der Waals surface area contributed by atoms with Gasteiger partial charge >= 0.3 is 6.09 Å². The van der Waals surface area contributed by atoms with E-state index in [-0.39, 0.29) is 19.4 Å². The molecule has 2 saturated heterocycles. The van der Waals surface area contributed by atoms with Crippen LogP contribution in [-0.2, 0) is 9.47 Å². The lowest BCUT2D eigenvalue weighted by Crippen LogP contribution is -2.49. The third-order valence-corrected chi connectivity index (χ3v) is 5.54. The first-order valence-corrected chi connectivity index (χ1v) is 9.61. The second-order valence-corrected chi connectivity index (χ2v) is 7.21. The molecule has 0 bridgehead atoms. The lowest BCUT2D eigenvalue weighted by atomic mass is 10.1. The van der Waals surface area contributed by atoms with Crippen molar-refractivity contribution >= 4 is 22.6 Å². The number of thiazole rings is 1. The van der Waals surface area contributed by atoms with Crippen LogP contribution in [-0.4, -0.2) is 66.6 Å². The smallest absolute Gasteiger partial charge is 0.410 e. The van der Waals surface area contributed by atoms with Crippen molar-refractivity contribution in [1.29, 1.82) is 0 Å². The van der Waals surface area contributed by atoms with Crippen LogP contribution in [0.4, 0.5) is 9.93 Å². The molecule has 1 aromatic heterocycles. The van der Waals surface area contributed by atoms with Gasteiger partial charge in [-0.3, -0.25) is 0 Å². The highest BCUT2D eigenvalue weighted by molar-refractivity contribution is 7.14. The molecule has 8 heteroatoms. The van der Waals surface area contributed by atoms with Crippen LogP contribution in [0.1, 0.15) is 7.85 Å². The zero-order valence-corrected chi connectivity index (χ0v) is 15.2. The summed E-state index contributed by atoms with van der Waals surface area (Å²) < 4.78 is 10.7. The third-order valence-electron chi connectivity index (χ3n) is 4.64. The van der Waals surface area contributed by atoms with Crippen molar-refractivity contribution in [3.8, 4) is 17.0 Å². The highest BCUT2D eigenvalue weighted by atomic mass is 32.1. The molecule has 7 nitrogen and oxygen atoms in total. The second kappa shape index (κ2) is 7.51. The zero-order valence-electron chi connectivity index (χ0n) is 14.3. The first-order chi connectivity index (χ1) is 12.7. The molecule has 0 aliphatic carbocycles. The molecule has 2 fully saturated rings. The molecule has 0 unspecified atom stereocenters. The summed E-state index contributed by atoms with van der Waals surface area (Å²) in [5.41, 5.74) is 1.50. The van der Waals surface area contributed by atoms with E-state index in [1.807, 2.05) is 17.5 Å². The molecule has 1 N–H and O–H groups in total. The minimum absolute atomic E-state index is 0. The van der Waals surface area contributed by atoms with Crippen LogP contribution in [0.25, 0.3) is 11.3 Å². The van der Waals surface area contributed by atoms with E-state index >= 15 is 0 Å². The second-order valence-electron chi connectivity index (χ2n) is 6.38. The Morgan fingerprint density at radius 2 is 2.12 bits per heavy atom. The van der Waals surface area contributed by atoms with Gasteiger partial charge in [0.25, 0.3) is 0 Å². The number of piperazine rings is 1. The van der Waals surface area contributed by atoms with Crippen LogP contribution in [0.3, 0.4) is 0 Å². The van der Waals surface area contributed by atoms with E-state index < -0.39 is 0 Å². The van der Waals surface area contributed by atoms with Crippen LogP contribution in [0.5, 0.6) is 5.75 Å². The fraction of sp³-hybridized carbons (Fsp3) is 0.444. The molecule has 0 saturated carbocycles. The number of carbonyl (C=O) groups excluding carboxylic acids is 1. The molecule has 140 valence electrons. The van der Waals surface area contributed by atoms with Crippen LogP contribution >= 0.6 is 11.3 Å². The predicted molar refractivity (Wildman–Crippen MR) is 101 cm³/mol. The fourth-order valence-electron chi connectivity index (χ4n) is 3.13. The van der Waals surface area contributed by atoms with Crippen molar-refractivity contribution in [3.05, 3.63) is 29.6 Å². The number of benzene rings is 1. The number of ether oxygens (including phenoxy) is 2. The number of phenolic OH excluding ortho intramolecular Hbond substituents is 1. The number of carbonyl (C=O) groups is 1. The maximum atomic E-state index is 12.2. The number of phenols is 1. The molecule has 1 amide bonds. The molecule has 2 aliphatic rings. The van der Waals surface area contributed by atoms with Gasteiger partial charge in [0.2, 0.25) is 0 Å². The quantitative estimate of drug-likeness (QED) is 0.887. The Kier molecular flexibility index (Phi) is 4.94. The van der Waals surface area contributed by atoms with Gasteiger partial charge in [-0.15, -0.1) is 11.3 Å². The predicted octanol–water partition coefficient (Wildman–Crippen LogP) is 2.81. The Labute approximate surface area is 157 Å². The number of rotatable bonds is 3. The summed E-state index contributed by atoms with van der Waals surface area (Å²) in [6.45, 7) is 3.80. The van der Waals surface area contributed by atoms with Gasteiger partial charge in [0, 0.05) is 45.0 Å². The number of hydrogen-bond acceptors (Lipinski definition) is 7. The molecule has 3 heterocycles. The topological polar surface area (TPSA) is 75.1 Å². The SMILES string of the molecule is O=C(O[C@H]1CCOC1)N1CCN(c2nc(-c3ccccc3O)cs2)CC1.[HH]. The Morgan fingerprint density at radius 1 is 1.31 bits per heavy atom. The minimum Gasteiger partial charge on any atom is -0.507 e. The van der Waals surface area contributed by atoms with Crippen LogP contribution in [0, 0.1) is 0 Å². The number of anilines is 1. The summed E-state index contributed by atoms with van der Waals surface area (Å²) in [5, 5.41) is 12.8. The molecule has 4 rings (SSSR count). The van der Waals surface area contributed by atoms with Gasteiger partial charge in [-0.1, -0.05) is 12.1 Å². The Morgan fingerprint density at radius 3 is 2.85 bits per heavy atom. The lowest BCUT2D eigenvalue weighted by Gasteiger charge is -2.34. The average molecular weight is 377 g/mol. The Bertz CT molecular complexity index is 773. The minimum atomic E-state index is -0.255. The van der Waals surface area contributed by atoms with Gasteiger partial charge in [-0.25, -0.2) is 9.78 Å². The third kappa shape index (κ3) is 3.61. The molecule has 2 aliphatic heterocycles. The number of amides is 1. The van der Waals surface area contributed by atoms with Crippen LogP contribution in [0.2, 0.25) is 0 Å². The summed E-state index contributed by atoms with van der Waals surface area (Å²) >= 11 is 1.55. The van der Waals surface area contributed by atoms with Crippen molar-refractivity contribution in [3.63, 3.8) is 0 Å². The average Bonchev–Trinajstić information content (AvgIpc) is 3.34. The van der Waals surface area contributed by atoms with Gasteiger partial charge in [0.1, 0.15) is 11.9 Å². The monoisotopic (exact) mass is 377 g/mol. The molecular formula is C18H23N3O4S. The van der Waals surface area contributed by atoms with E-state index in [1.165, 1.54) is 0 Å². The van der Waals surface area contributed by atoms with Gasteiger partial charge in [-0.05, 0) is 12.1 Å². The van der Waals surface area contributed by atoms with Gasteiger partial charge in [0.15, 0.2) is 5.13 Å². The van der Waals surface area contributed by atoms with Gasteiger partial charge in [-0.2, -0.15) is 0 Å². The van der Waals surface area contributed by atoms with Crippen molar-refractivity contribution in [2.75, 3.05) is 44.3 Å². The first-order valence-electron chi connectivity index (χ1n) is 8.73. The highest BCUT2D eigenvalue weighted by Gasteiger charge is 2.27. The van der Waals surface area contributed by atoms with E-state index in [4.69, 9.17) is 9.47 Å². The van der Waals surface area contributed by atoms with Gasteiger partial charge in [0.05, 0.1) is 18.9 Å². The van der Waals surface area contributed by atoms with Crippen molar-refractivity contribution in [1.82, 2.24) is 9.88 Å². The molecular weight excluding hydrogens is 354 g/mol. The number of aromatic nitrogens is 1. The molecule has 0 spiro atoms. The summed E-state index contributed by atoms with van der Waals surface area (Å²) in [4.78, 5) is 20.8. The van der Waals surface area contributed by atoms with Crippen molar-refractivity contribution in [2.45, 2.75) is 12.5 Å². The van der Waals surface area contributed by atoms with E-state index in [1.54, 1.807) is 28.4 Å². The van der Waals surface area contributed by atoms with Crippen LogP contribution in [0.15, 0.2) is 29.6 Å². The number of nitrogens with zero attached hydrogens (tertiary/aromatic N) is 3. The maximum Gasteiger partial charge on any atom is 0.410 e. The Hall–Kier alpha value is -2.32. The molecule has 1 aromatic carbocycles. The lowest BCUT2D eigenvalue weighted by molar-refractivity contribution is 0.0534. The molecule has 2 aromatic rings. The van der Waals surface area contributed by atoms with E-state index in [0.717, 1.165) is 22.8 Å². The molecule has 26 heavy (non-hydrogen) atoms. The number of hydrogen-bond donors (Lipinski definition) is 1. The van der Waals surface area contributed by atoms with Gasteiger partial charge < -0.3 is 24.4 Å². The van der Waals surface area contributed by atoms with E-state index in [9.17, 15) is 9.90 Å². The standard InChI is InChI=1S/C18H21N3O4S.H2/c22-16-4-2-1-3-14(16)15-12-26-17(19-15)20-6-8-21(9-7-20)18(23)25-13-5-10-24-11-13;/h1-4,12-13,22H,5-11H2;1H/t13-;/m0./s1. The first kappa shape index (κ1) is 17.1. The van der Waals surface area contributed by atoms with Crippen molar-refractivity contribution < 1.29 is 20.8 Å². The molecule has 1 atom stereocenters. The maximum absolute atomic E-state index is 12.2. The normalized spacial score (nSPS) is 20.4. The fourth-order valence-corrected chi connectivity index (χ4v) is 4.01. The summed E-state index contributed by atoms with van der Waals surface area (Å²) in [5.74, 6) is 0.229. The number of para-hydroxylation sites is 1. The Balaban J connectivity index is 0.00000210. The summed E-state index contributed by atoms with van der Waals surface area (Å²) in [7, 11) is 0. The van der Waals surface area contributed by atoms with E-state index in [0.29, 0.717) is 39.4 Å². The largest absolute Gasteiger partial charge is 0.507 e. The zero-order chi connectivity index (χ0) is 17.9.